The van der Waals surface area contributed by atoms with Crippen LogP contribution in [0.1, 0.15) is 13.3 Å². The lowest BCUT2D eigenvalue weighted by Crippen LogP contribution is -2.35. The molecule has 0 bridgehead atoms. The number of halogens is 1. The van der Waals surface area contributed by atoms with Gasteiger partial charge in [0.1, 0.15) is 5.78 Å². The van der Waals surface area contributed by atoms with Crippen LogP contribution in [-0.4, -0.2) is 18.2 Å². The van der Waals surface area contributed by atoms with Crippen LogP contribution in [0, 0.1) is 14.8 Å². The molecule has 0 rings (SSSR count). The van der Waals surface area contributed by atoms with Gasteiger partial charge in [0, 0.05) is 0 Å². The standard InChI is InChI=1S/C5H7BrO5/c1-4(7)2-5(8)3-11-6(9)10/h2-3H2,1H3. The molecule has 11 heavy (non-hydrogen) atoms. The van der Waals surface area contributed by atoms with E-state index in [0.717, 1.165) is 0 Å². The largest absolute Gasteiger partial charge is 0.436 e. The van der Waals surface area contributed by atoms with Gasteiger partial charge in [-0.2, -0.15) is 0 Å². The third-order valence-electron chi connectivity index (χ3n) is 0.751. The van der Waals surface area contributed by atoms with E-state index in [2.05, 4.69) is 3.83 Å². The maximum Gasteiger partial charge on any atom is 0.436 e. The van der Waals surface area contributed by atoms with E-state index in [9.17, 15) is 18.0 Å². The minimum absolute atomic E-state index is 0.268. The summed E-state index contributed by atoms with van der Waals surface area (Å²) in [4.78, 5) is 20.8. The lowest BCUT2D eigenvalue weighted by Gasteiger charge is -1.91. The maximum atomic E-state index is 10.6. The van der Waals surface area contributed by atoms with E-state index >= 15 is 0 Å². The first kappa shape index (κ1) is 10.7. The Balaban J connectivity index is 3.46. The molecule has 0 aliphatic rings. The molecule has 0 unspecified atom stereocenters. The molecule has 0 heterocycles. The normalized spacial score (nSPS) is 10.2. The molecule has 0 saturated heterocycles. The highest BCUT2D eigenvalue weighted by Gasteiger charge is 2.15. The smallest absolute Gasteiger partial charge is 0.372 e. The molecule has 0 atom stereocenters. The van der Waals surface area contributed by atoms with Crippen molar-refractivity contribution in [2.45, 2.75) is 13.3 Å². The Morgan fingerprint density at radius 1 is 1.45 bits per heavy atom. The third kappa shape index (κ3) is 7.60. The zero-order chi connectivity index (χ0) is 8.85. The molecule has 0 spiro atoms. The molecule has 0 radical (unpaired) electrons. The summed E-state index contributed by atoms with van der Waals surface area (Å²) in [5, 5.41) is 0. The molecule has 0 amide bonds. The number of hydrogen-bond acceptors (Lipinski definition) is 5. The van der Waals surface area contributed by atoms with Gasteiger partial charge in [-0.3, -0.25) is 9.59 Å². The lowest BCUT2D eigenvalue weighted by atomic mass is 10.2. The highest BCUT2D eigenvalue weighted by molar-refractivity contribution is 5.98. The van der Waals surface area contributed by atoms with Crippen molar-refractivity contribution in [1.29, 1.82) is 0 Å². The van der Waals surface area contributed by atoms with Crippen LogP contribution < -0.4 is 8.40 Å². The van der Waals surface area contributed by atoms with Gasteiger partial charge < -0.3 is 8.40 Å². The van der Waals surface area contributed by atoms with Gasteiger partial charge >= 0.3 is 14.8 Å². The van der Waals surface area contributed by atoms with Crippen molar-refractivity contribution >= 4 is 11.6 Å². The first-order chi connectivity index (χ1) is 5.02. The molecule has 0 aliphatic heterocycles. The van der Waals surface area contributed by atoms with Crippen LogP contribution in [0.3, 0.4) is 0 Å². The fourth-order valence-electron chi connectivity index (χ4n) is 0.434. The third-order valence-corrected chi connectivity index (χ3v) is 1.35. The molecule has 0 saturated carbocycles. The predicted octanol–water partition coefficient (Wildman–Crippen LogP) is -2.36. The Morgan fingerprint density at radius 3 is 2.36 bits per heavy atom. The van der Waals surface area contributed by atoms with Gasteiger partial charge in [0.2, 0.25) is 6.61 Å². The van der Waals surface area contributed by atoms with E-state index in [1.165, 1.54) is 6.92 Å². The van der Waals surface area contributed by atoms with Gasteiger partial charge in [-0.15, -0.1) is 0 Å². The van der Waals surface area contributed by atoms with E-state index < -0.39 is 27.2 Å². The van der Waals surface area contributed by atoms with Gasteiger partial charge in [-0.05, 0) is 10.8 Å². The van der Waals surface area contributed by atoms with Crippen LogP contribution in [0.4, 0.5) is 0 Å². The van der Waals surface area contributed by atoms with Crippen molar-refractivity contribution in [3.8, 4) is 0 Å². The van der Waals surface area contributed by atoms with Gasteiger partial charge in [0.25, 0.3) is 0 Å². The fraction of sp³-hybridized carbons (Fsp3) is 0.600. The predicted molar refractivity (Wildman–Crippen MR) is 26.3 cm³/mol. The van der Waals surface area contributed by atoms with Crippen LogP contribution in [0.2, 0.25) is 0 Å². The summed E-state index contributed by atoms with van der Waals surface area (Å²) in [6, 6.07) is 0. The van der Waals surface area contributed by atoms with Crippen LogP contribution in [0.5, 0.6) is 0 Å². The number of hydrogen-bond donors (Lipinski definition) is 0. The van der Waals surface area contributed by atoms with Gasteiger partial charge in [-0.1, -0.05) is 0 Å². The minimum Gasteiger partial charge on any atom is -0.372 e. The molecule has 5 nitrogen and oxygen atoms in total. The summed E-state index contributed by atoms with van der Waals surface area (Å²) in [5.74, 6) is -0.822. The summed E-state index contributed by atoms with van der Waals surface area (Å²) < 4.78 is 23.6. The summed E-state index contributed by atoms with van der Waals surface area (Å²) in [6.07, 6.45) is -0.268. The number of ketones is 2. The van der Waals surface area contributed by atoms with E-state index in [4.69, 9.17) is 0 Å². The molecule has 0 aromatic heterocycles. The lowest BCUT2D eigenvalue weighted by molar-refractivity contribution is -1.63. The molecule has 64 valence electrons. The van der Waals surface area contributed by atoms with Crippen molar-refractivity contribution in [1.82, 2.24) is 0 Å². The van der Waals surface area contributed by atoms with Crippen molar-refractivity contribution in [3.05, 3.63) is 0 Å². The highest BCUT2D eigenvalue weighted by Crippen LogP contribution is 1.87. The Kier molecular flexibility index (Phi) is 5.22. The second-order valence-electron chi connectivity index (χ2n) is 1.86. The van der Waals surface area contributed by atoms with Crippen LogP contribution in [0.15, 0.2) is 0 Å². The van der Waals surface area contributed by atoms with Crippen LogP contribution in [0.25, 0.3) is 0 Å². The van der Waals surface area contributed by atoms with E-state index in [1.54, 1.807) is 0 Å². The summed E-state index contributed by atoms with van der Waals surface area (Å²) in [7, 11) is 0. The Morgan fingerprint density at radius 2 is 2.00 bits per heavy atom. The highest BCUT2D eigenvalue weighted by atomic mass is 80.0. The second-order valence-corrected chi connectivity index (χ2v) is 3.11. The Hall–Kier alpha value is -0.300. The number of carbonyl (C=O) groups excluding carboxylic acids is 2. The molecule has 0 aliphatic carbocycles. The molecule has 0 fully saturated rings. The molecule has 0 N–H and O–H groups in total. The molecule has 0 aromatic carbocycles. The van der Waals surface area contributed by atoms with Crippen LogP contribution >= 0.6 is 0 Å². The second kappa shape index (κ2) is 5.36. The van der Waals surface area contributed by atoms with Crippen LogP contribution in [-0.2, 0) is 13.4 Å². The zero-order valence-electron chi connectivity index (χ0n) is 5.83. The van der Waals surface area contributed by atoms with Gasteiger partial charge in [-0.25, -0.2) is 0 Å². The number of carbonyl (C=O) groups is 2. The monoisotopic (exact) mass is 226 g/mol. The topological polar surface area (TPSA) is 89.5 Å². The zero-order valence-corrected chi connectivity index (χ0v) is 7.42. The molecule has 0 aromatic rings. The summed E-state index contributed by atoms with van der Waals surface area (Å²) in [6.45, 7) is 0.722. The van der Waals surface area contributed by atoms with Crippen molar-refractivity contribution in [3.63, 3.8) is 0 Å². The summed E-state index contributed by atoms with van der Waals surface area (Å²) in [5.41, 5.74) is 0. The van der Waals surface area contributed by atoms with E-state index in [1.807, 2.05) is 0 Å². The molecular weight excluding hydrogens is 220 g/mol. The Bertz CT molecular complexity index is 155. The average Bonchev–Trinajstić information content (AvgIpc) is 1.82. The summed E-state index contributed by atoms with van der Waals surface area (Å²) >= 11 is -3.32. The van der Waals surface area contributed by atoms with Gasteiger partial charge in [0.15, 0.2) is 5.78 Å². The average molecular weight is 227 g/mol. The minimum atomic E-state index is -3.32. The van der Waals surface area contributed by atoms with E-state index in [0.29, 0.717) is 0 Å². The molecule has 6 heteroatoms. The van der Waals surface area contributed by atoms with Crippen molar-refractivity contribution < 1.29 is 36.6 Å². The maximum absolute atomic E-state index is 10.6. The number of Topliss-reactive ketones (excluding diaryl/α,β-unsaturated/α-hetero) is 2. The quantitative estimate of drug-likeness (QED) is 0.490. The first-order valence-electron chi connectivity index (χ1n) is 2.72. The van der Waals surface area contributed by atoms with Gasteiger partial charge in [0.05, 0.1) is 6.42 Å². The van der Waals surface area contributed by atoms with Crippen molar-refractivity contribution in [2.75, 3.05) is 6.61 Å². The SMILES string of the molecule is CC(=O)CC(=O)CO[Br+2]([O-])[O-]. The Labute approximate surface area is 68.8 Å². The van der Waals surface area contributed by atoms with Crippen molar-refractivity contribution in [2.24, 2.45) is 0 Å². The number of rotatable bonds is 5. The molecular formula is C5H7BrO5. The van der Waals surface area contributed by atoms with E-state index in [-0.39, 0.29) is 12.2 Å². The first-order valence-corrected chi connectivity index (χ1v) is 4.66. The fourth-order valence-corrected chi connectivity index (χ4v) is 0.876.